The Hall–Kier alpha value is -1.69. The fourth-order valence-corrected chi connectivity index (χ4v) is 1.77. The van der Waals surface area contributed by atoms with Gasteiger partial charge in [-0.3, -0.25) is 9.78 Å². The molecule has 0 fully saturated rings. The van der Waals surface area contributed by atoms with E-state index in [-0.39, 0.29) is 17.5 Å². The van der Waals surface area contributed by atoms with Gasteiger partial charge in [-0.1, -0.05) is 19.1 Å². The molecule has 0 spiro atoms. The molecule has 0 aliphatic carbocycles. The average molecular weight is 267 g/mol. The lowest BCUT2D eigenvalue weighted by atomic mass is 10.2. The fraction of sp³-hybridized carbons (Fsp3) is 0.417. The number of aromatic nitrogens is 1. The minimum Gasteiger partial charge on any atom is -0.468 e. The van der Waals surface area contributed by atoms with Crippen molar-refractivity contribution in [2.24, 2.45) is 5.73 Å². The van der Waals surface area contributed by atoms with Crippen molar-refractivity contribution in [1.29, 1.82) is 0 Å². The van der Waals surface area contributed by atoms with E-state index in [0.29, 0.717) is 12.2 Å². The highest BCUT2D eigenvalue weighted by Crippen LogP contribution is 2.18. The Kier molecular flexibility index (Phi) is 5.51. The molecule has 0 bridgehead atoms. The van der Waals surface area contributed by atoms with Crippen molar-refractivity contribution >= 4 is 28.9 Å². The maximum absolute atomic E-state index is 11.4. The first kappa shape index (κ1) is 14.4. The van der Waals surface area contributed by atoms with Crippen molar-refractivity contribution in [2.75, 3.05) is 25.1 Å². The van der Waals surface area contributed by atoms with Gasteiger partial charge in [0.2, 0.25) is 0 Å². The Bertz CT molecular complexity index is 437. The first-order chi connectivity index (χ1) is 8.60. The molecular weight excluding hydrogens is 250 g/mol. The highest BCUT2D eigenvalue weighted by molar-refractivity contribution is 7.80. The molecule has 0 saturated carbocycles. The van der Waals surface area contributed by atoms with Crippen molar-refractivity contribution in [2.45, 2.75) is 13.3 Å². The Labute approximate surface area is 112 Å². The molecule has 1 heterocycles. The summed E-state index contributed by atoms with van der Waals surface area (Å²) < 4.78 is 4.68. The lowest BCUT2D eigenvalue weighted by Gasteiger charge is -2.24. The summed E-state index contributed by atoms with van der Waals surface area (Å²) in [5.41, 5.74) is 6.93. The summed E-state index contributed by atoms with van der Waals surface area (Å²) in [6.45, 7) is 2.89. The normalized spacial score (nSPS) is 9.89. The van der Waals surface area contributed by atoms with Gasteiger partial charge in [0, 0.05) is 12.7 Å². The number of anilines is 1. The zero-order valence-corrected chi connectivity index (χ0v) is 11.4. The van der Waals surface area contributed by atoms with Gasteiger partial charge in [-0.2, -0.15) is 0 Å². The molecule has 0 aliphatic rings. The number of rotatable bonds is 6. The topological polar surface area (TPSA) is 68.5 Å². The molecule has 98 valence electrons. The number of carbonyl (C=O) groups is 1. The van der Waals surface area contributed by atoms with E-state index in [4.69, 9.17) is 18.0 Å². The van der Waals surface area contributed by atoms with Crippen molar-refractivity contribution in [3.05, 3.63) is 24.0 Å². The number of methoxy groups -OCH3 is 1. The number of pyridine rings is 1. The predicted molar refractivity (Wildman–Crippen MR) is 74.6 cm³/mol. The van der Waals surface area contributed by atoms with E-state index in [9.17, 15) is 4.79 Å². The van der Waals surface area contributed by atoms with E-state index in [1.807, 2.05) is 17.9 Å². The average Bonchev–Trinajstić information content (AvgIpc) is 2.38. The van der Waals surface area contributed by atoms with Crippen molar-refractivity contribution in [1.82, 2.24) is 4.98 Å². The molecule has 2 N–H and O–H groups in total. The van der Waals surface area contributed by atoms with E-state index >= 15 is 0 Å². The van der Waals surface area contributed by atoms with Crippen LogP contribution >= 0.6 is 12.2 Å². The van der Waals surface area contributed by atoms with Crippen LogP contribution in [0.15, 0.2) is 18.3 Å². The molecule has 5 nitrogen and oxygen atoms in total. The van der Waals surface area contributed by atoms with Gasteiger partial charge in [-0.05, 0) is 18.6 Å². The first-order valence-electron chi connectivity index (χ1n) is 5.66. The third-order valence-corrected chi connectivity index (χ3v) is 2.60. The van der Waals surface area contributed by atoms with Gasteiger partial charge >= 0.3 is 5.97 Å². The van der Waals surface area contributed by atoms with E-state index in [2.05, 4.69) is 9.72 Å². The van der Waals surface area contributed by atoms with Crippen LogP contribution in [0, 0.1) is 0 Å². The fourth-order valence-electron chi connectivity index (χ4n) is 1.62. The second-order valence-electron chi connectivity index (χ2n) is 3.73. The molecule has 0 atom stereocenters. The van der Waals surface area contributed by atoms with E-state index in [1.54, 1.807) is 12.3 Å². The maximum atomic E-state index is 11.4. The minimum absolute atomic E-state index is 0.158. The summed E-state index contributed by atoms with van der Waals surface area (Å²) in [6, 6.07) is 3.64. The molecule has 0 aromatic carbocycles. The van der Waals surface area contributed by atoms with E-state index < -0.39 is 0 Å². The number of hydrogen-bond acceptors (Lipinski definition) is 5. The SMILES string of the molecule is CCCN(CC(=O)OC)c1cccnc1C(N)=S. The van der Waals surface area contributed by atoms with Gasteiger partial charge in [0.05, 0.1) is 12.8 Å². The number of ether oxygens (including phenoxy) is 1. The highest BCUT2D eigenvalue weighted by Gasteiger charge is 2.16. The number of thiocarbonyl (C=S) groups is 1. The molecule has 0 saturated heterocycles. The minimum atomic E-state index is -0.304. The van der Waals surface area contributed by atoms with Gasteiger partial charge in [0.25, 0.3) is 0 Å². The third-order valence-electron chi connectivity index (χ3n) is 2.40. The maximum Gasteiger partial charge on any atom is 0.325 e. The largest absolute Gasteiger partial charge is 0.468 e. The van der Waals surface area contributed by atoms with Gasteiger partial charge in [0.1, 0.15) is 17.2 Å². The molecule has 1 aromatic heterocycles. The van der Waals surface area contributed by atoms with Crippen LogP contribution in [0.1, 0.15) is 19.0 Å². The monoisotopic (exact) mass is 267 g/mol. The van der Waals surface area contributed by atoms with Crippen LogP contribution in [0.3, 0.4) is 0 Å². The number of esters is 1. The van der Waals surface area contributed by atoms with Gasteiger partial charge in [0.15, 0.2) is 0 Å². The van der Waals surface area contributed by atoms with Gasteiger partial charge in [-0.25, -0.2) is 0 Å². The number of hydrogen-bond donors (Lipinski definition) is 1. The first-order valence-corrected chi connectivity index (χ1v) is 6.07. The Morgan fingerprint density at radius 3 is 2.89 bits per heavy atom. The summed E-state index contributed by atoms with van der Waals surface area (Å²) in [5.74, 6) is -0.304. The van der Waals surface area contributed by atoms with Gasteiger partial charge < -0.3 is 15.4 Å². The molecule has 0 unspecified atom stereocenters. The zero-order valence-electron chi connectivity index (χ0n) is 10.5. The molecule has 0 amide bonds. The summed E-state index contributed by atoms with van der Waals surface area (Å²) in [4.78, 5) is 17.6. The lowest BCUT2D eigenvalue weighted by molar-refractivity contribution is -0.138. The summed E-state index contributed by atoms with van der Waals surface area (Å²) in [5, 5.41) is 0. The van der Waals surface area contributed by atoms with Crippen molar-refractivity contribution in [3.63, 3.8) is 0 Å². The molecular formula is C12H17N3O2S. The van der Waals surface area contributed by atoms with Crippen LogP contribution < -0.4 is 10.6 Å². The standard InChI is InChI=1S/C12H17N3O2S/c1-3-7-15(8-10(16)17-2)9-5-4-6-14-11(9)12(13)18/h4-6H,3,7-8H2,1-2H3,(H2,13,18). The predicted octanol–water partition coefficient (Wildman–Crippen LogP) is 1.11. The molecule has 1 aromatic rings. The molecule has 6 heteroatoms. The van der Waals surface area contributed by atoms with E-state index in [0.717, 1.165) is 12.1 Å². The molecule has 1 rings (SSSR count). The Balaban J connectivity index is 3.04. The number of nitrogens with zero attached hydrogens (tertiary/aromatic N) is 2. The molecule has 0 aliphatic heterocycles. The van der Waals surface area contributed by atoms with Crippen LogP contribution in [0.25, 0.3) is 0 Å². The molecule has 18 heavy (non-hydrogen) atoms. The second kappa shape index (κ2) is 6.90. The van der Waals surface area contributed by atoms with Crippen molar-refractivity contribution in [3.8, 4) is 0 Å². The van der Waals surface area contributed by atoms with Crippen LogP contribution in [-0.2, 0) is 9.53 Å². The highest BCUT2D eigenvalue weighted by atomic mass is 32.1. The number of nitrogens with two attached hydrogens (primary N) is 1. The summed E-state index contributed by atoms with van der Waals surface area (Å²) in [7, 11) is 1.37. The second-order valence-corrected chi connectivity index (χ2v) is 4.17. The van der Waals surface area contributed by atoms with Crippen LogP contribution in [0.5, 0.6) is 0 Å². The zero-order chi connectivity index (χ0) is 13.5. The summed E-state index contributed by atoms with van der Waals surface area (Å²) in [6.07, 6.45) is 2.52. The molecule has 0 radical (unpaired) electrons. The van der Waals surface area contributed by atoms with Crippen LogP contribution in [0.4, 0.5) is 5.69 Å². The smallest absolute Gasteiger partial charge is 0.325 e. The third kappa shape index (κ3) is 3.66. The Morgan fingerprint density at radius 1 is 1.61 bits per heavy atom. The quantitative estimate of drug-likeness (QED) is 0.615. The van der Waals surface area contributed by atoms with Gasteiger partial charge in [-0.15, -0.1) is 0 Å². The van der Waals surface area contributed by atoms with Crippen molar-refractivity contribution < 1.29 is 9.53 Å². The summed E-state index contributed by atoms with van der Waals surface area (Å²) >= 11 is 4.97. The Morgan fingerprint density at radius 2 is 2.33 bits per heavy atom. The van der Waals surface area contributed by atoms with Crippen LogP contribution in [0.2, 0.25) is 0 Å². The van der Waals surface area contributed by atoms with E-state index in [1.165, 1.54) is 7.11 Å². The number of carbonyl (C=O) groups excluding carboxylic acids is 1. The van der Waals surface area contributed by atoms with Crippen LogP contribution in [-0.4, -0.2) is 36.1 Å². The lowest BCUT2D eigenvalue weighted by Crippen LogP contribution is -2.33.